The number of fused-ring (bicyclic) bond motifs is 1. The van der Waals surface area contributed by atoms with Gasteiger partial charge in [-0.2, -0.15) is 0 Å². The van der Waals surface area contributed by atoms with Gasteiger partial charge < -0.3 is 14.3 Å². The molecule has 0 spiro atoms. The molecule has 1 aromatic rings. The first kappa shape index (κ1) is 19.9. The van der Waals surface area contributed by atoms with Crippen molar-refractivity contribution in [3.63, 3.8) is 0 Å². The van der Waals surface area contributed by atoms with Crippen molar-refractivity contribution < 1.29 is 14.1 Å². The zero-order valence-electron chi connectivity index (χ0n) is 17.2. The second-order valence-electron chi connectivity index (χ2n) is 9.10. The summed E-state index contributed by atoms with van der Waals surface area (Å²) >= 11 is 0. The molecule has 1 aromatic heterocycles. The number of hydrogen-bond acceptors (Lipinski definition) is 5. The zero-order chi connectivity index (χ0) is 19.8. The first-order chi connectivity index (χ1) is 12.7. The Hall–Kier alpha value is -1.89. The predicted octanol–water partition coefficient (Wildman–Crippen LogP) is 1.67. The number of hydrogen-bond donors (Lipinski definition) is 0. The van der Waals surface area contributed by atoms with Gasteiger partial charge in [0.2, 0.25) is 5.91 Å². The molecule has 1 saturated heterocycles. The minimum absolute atomic E-state index is 0.0341. The van der Waals surface area contributed by atoms with E-state index in [9.17, 15) is 9.59 Å². The van der Waals surface area contributed by atoms with E-state index in [1.807, 2.05) is 4.90 Å². The summed E-state index contributed by atoms with van der Waals surface area (Å²) < 4.78 is 5.50. The average Bonchev–Trinajstić information content (AvgIpc) is 3.04. The van der Waals surface area contributed by atoms with Crippen molar-refractivity contribution >= 4 is 11.8 Å². The Morgan fingerprint density at radius 2 is 1.85 bits per heavy atom. The average molecular weight is 377 g/mol. The van der Waals surface area contributed by atoms with Crippen molar-refractivity contribution in [3.05, 3.63) is 17.0 Å². The molecule has 0 aromatic carbocycles. The maximum atomic E-state index is 13.0. The number of rotatable bonds is 3. The fourth-order valence-corrected chi connectivity index (χ4v) is 3.90. The van der Waals surface area contributed by atoms with E-state index in [-0.39, 0.29) is 17.2 Å². The van der Waals surface area contributed by atoms with Gasteiger partial charge in [-0.15, -0.1) is 0 Å². The molecule has 0 N–H and O–H groups in total. The highest BCUT2D eigenvalue weighted by atomic mass is 16.5. The minimum Gasteiger partial charge on any atom is -0.360 e. The molecular weight excluding hydrogens is 344 g/mol. The van der Waals surface area contributed by atoms with Crippen LogP contribution in [0.5, 0.6) is 0 Å². The Bertz CT molecular complexity index is 697. The molecule has 0 radical (unpaired) electrons. The third kappa shape index (κ3) is 4.34. The van der Waals surface area contributed by atoms with Crippen molar-refractivity contribution in [1.82, 2.24) is 19.9 Å². The number of amides is 2. The Morgan fingerprint density at radius 1 is 1.19 bits per heavy atom. The number of carbonyl (C=O) groups is 2. The van der Waals surface area contributed by atoms with Crippen molar-refractivity contribution in [2.45, 2.75) is 40.0 Å². The van der Waals surface area contributed by atoms with Crippen LogP contribution < -0.4 is 0 Å². The Kier molecular flexibility index (Phi) is 5.60. The van der Waals surface area contributed by atoms with Crippen LogP contribution in [0.2, 0.25) is 0 Å². The lowest BCUT2D eigenvalue weighted by molar-refractivity contribution is -0.130. The maximum absolute atomic E-state index is 13.0. The van der Waals surface area contributed by atoms with E-state index in [2.05, 4.69) is 30.8 Å². The lowest BCUT2D eigenvalue weighted by atomic mass is 9.71. The summed E-state index contributed by atoms with van der Waals surface area (Å²) in [6.45, 7) is 9.81. The zero-order valence-corrected chi connectivity index (χ0v) is 17.2. The topological polar surface area (TPSA) is 69.9 Å². The number of nitrogens with zero attached hydrogens (tertiary/aromatic N) is 4. The molecule has 7 nitrogen and oxygen atoms in total. The lowest BCUT2D eigenvalue weighted by Gasteiger charge is -2.35. The molecular formula is C20H32N4O3. The van der Waals surface area contributed by atoms with Crippen LogP contribution in [0, 0.1) is 11.3 Å². The van der Waals surface area contributed by atoms with E-state index < -0.39 is 0 Å². The second-order valence-corrected chi connectivity index (χ2v) is 9.10. The molecule has 1 fully saturated rings. The first-order valence-electron chi connectivity index (χ1n) is 9.86. The van der Waals surface area contributed by atoms with Gasteiger partial charge in [-0.25, -0.2) is 0 Å². The van der Waals surface area contributed by atoms with Crippen molar-refractivity contribution in [3.8, 4) is 0 Å². The normalized spacial score (nSPS) is 21.1. The van der Waals surface area contributed by atoms with E-state index in [0.717, 1.165) is 30.6 Å². The van der Waals surface area contributed by atoms with Crippen LogP contribution in [0.15, 0.2) is 4.52 Å². The maximum Gasteiger partial charge on any atom is 0.276 e. The van der Waals surface area contributed by atoms with Gasteiger partial charge in [-0.05, 0) is 24.2 Å². The molecule has 2 heterocycles. The molecule has 27 heavy (non-hydrogen) atoms. The van der Waals surface area contributed by atoms with E-state index >= 15 is 0 Å². The van der Waals surface area contributed by atoms with E-state index in [1.165, 1.54) is 0 Å². The Balaban J connectivity index is 1.63. The lowest BCUT2D eigenvalue weighted by Crippen LogP contribution is -2.51. The van der Waals surface area contributed by atoms with Gasteiger partial charge in [-0.1, -0.05) is 25.9 Å². The molecule has 0 saturated carbocycles. The highest BCUT2D eigenvalue weighted by Gasteiger charge is 2.35. The van der Waals surface area contributed by atoms with Gasteiger partial charge in [0.25, 0.3) is 5.91 Å². The molecule has 3 rings (SSSR count). The third-order valence-electron chi connectivity index (χ3n) is 5.98. The molecule has 1 aliphatic heterocycles. The van der Waals surface area contributed by atoms with Gasteiger partial charge >= 0.3 is 0 Å². The predicted molar refractivity (Wildman–Crippen MR) is 103 cm³/mol. The highest BCUT2D eigenvalue weighted by Crippen LogP contribution is 2.38. The summed E-state index contributed by atoms with van der Waals surface area (Å²) in [4.78, 5) is 30.4. The van der Waals surface area contributed by atoms with Crippen molar-refractivity contribution in [1.29, 1.82) is 0 Å². The van der Waals surface area contributed by atoms with E-state index in [4.69, 9.17) is 4.52 Å². The van der Waals surface area contributed by atoms with Gasteiger partial charge in [-0.3, -0.25) is 14.5 Å². The molecule has 2 amide bonds. The van der Waals surface area contributed by atoms with E-state index in [1.54, 1.807) is 19.0 Å². The summed E-state index contributed by atoms with van der Waals surface area (Å²) in [7, 11) is 3.53. The molecule has 150 valence electrons. The minimum atomic E-state index is -0.0341. The van der Waals surface area contributed by atoms with Crippen molar-refractivity contribution in [2.24, 2.45) is 11.3 Å². The van der Waals surface area contributed by atoms with Crippen LogP contribution >= 0.6 is 0 Å². The summed E-state index contributed by atoms with van der Waals surface area (Å²) in [6.07, 6.45) is 2.80. The summed E-state index contributed by atoms with van der Waals surface area (Å²) in [6, 6.07) is 0. The van der Waals surface area contributed by atoms with Crippen LogP contribution in [-0.2, 0) is 17.6 Å². The first-order valence-corrected chi connectivity index (χ1v) is 9.86. The molecule has 0 bridgehead atoms. The third-order valence-corrected chi connectivity index (χ3v) is 5.98. The Morgan fingerprint density at radius 3 is 2.44 bits per heavy atom. The molecule has 0 unspecified atom stereocenters. The van der Waals surface area contributed by atoms with Crippen LogP contribution in [0.25, 0.3) is 0 Å². The molecule has 1 atom stereocenters. The fourth-order valence-electron chi connectivity index (χ4n) is 3.90. The van der Waals surface area contributed by atoms with Gasteiger partial charge in [0.1, 0.15) is 5.76 Å². The molecule has 2 aliphatic rings. The quantitative estimate of drug-likeness (QED) is 0.803. The van der Waals surface area contributed by atoms with Crippen molar-refractivity contribution in [2.75, 3.05) is 46.8 Å². The Labute approximate surface area is 161 Å². The van der Waals surface area contributed by atoms with Crippen LogP contribution in [-0.4, -0.2) is 78.5 Å². The van der Waals surface area contributed by atoms with E-state index in [0.29, 0.717) is 44.3 Å². The smallest absolute Gasteiger partial charge is 0.276 e. The number of aryl methyl sites for hydroxylation is 1. The summed E-state index contributed by atoms with van der Waals surface area (Å²) in [5, 5.41) is 4.14. The number of aromatic nitrogens is 1. The van der Waals surface area contributed by atoms with Gasteiger partial charge in [0, 0.05) is 52.3 Å². The van der Waals surface area contributed by atoms with Crippen LogP contribution in [0.3, 0.4) is 0 Å². The monoisotopic (exact) mass is 376 g/mol. The summed E-state index contributed by atoms with van der Waals surface area (Å²) in [5.41, 5.74) is 1.72. The standard InChI is InChI=1S/C20H32N4O3/c1-20(2,3)14-6-7-16-15(12-14)18(21-27-16)19(26)24-10-8-23(9-11-24)13-17(25)22(4)5/h14H,6-13H2,1-5H3/t14-/m1/s1. The van der Waals surface area contributed by atoms with Gasteiger partial charge in [0.05, 0.1) is 6.54 Å². The molecule has 7 heteroatoms. The van der Waals surface area contributed by atoms with Crippen LogP contribution in [0.4, 0.5) is 0 Å². The molecule has 1 aliphatic carbocycles. The number of likely N-dealkylation sites (N-methyl/N-ethyl adjacent to an activating group) is 1. The van der Waals surface area contributed by atoms with Gasteiger partial charge in [0.15, 0.2) is 5.69 Å². The summed E-state index contributed by atoms with van der Waals surface area (Å²) in [5.74, 6) is 1.47. The van der Waals surface area contributed by atoms with Crippen LogP contribution in [0.1, 0.15) is 49.0 Å². The number of carbonyl (C=O) groups excluding carboxylic acids is 2. The number of piperazine rings is 1. The second kappa shape index (κ2) is 7.62. The largest absolute Gasteiger partial charge is 0.360 e. The highest BCUT2D eigenvalue weighted by molar-refractivity contribution is 5.94. The SMILES string of the molecule is CN(C)C(=O)CN1CCN(C(=O)c2noc3c2C[C@H](C(C)(C)C)CC3)CC1. The fraction of sp³-hybridized carbons (Fsp3) is 0.750.